The van der Waals surface area contributed by atoms with Gasteiger partial charge in [-0.1, -0.05) is 11.3 Å². The van der Waals surface area contributed by atoms with Gasteiger partial charge in [-0.2, -0.15) is 11.3 Å². The van der Waals surface area contributed by atoms with Crippen molar-refractivity contribution in [1.82, 2.24) is 9.47 Å². The van der Waals surface area contributed by atoms with Gasteiger partial charge in [0, 0.05) is 30.2 Å². The lowest BCUT2D eigenvalue weighted by Gasteiger charge is -2.24. The Hall–Kier alpha value is -0.910. The van der Waals surface area contributed by atoms with Crippen molar-refractivity contribution in [2.24, 2.45) is 0 Å². The third-order valence-electron chi connectivity index (χ3n) is 3.88. The SMILES string of the molecule is Cc1csc(=O)n1CCN1CCC[C@H]1c1ccsc1. The van der Waals surface area contributed by atoms with Crippen molar-refractivity contribution in [3.63, 3.8) is 0 Å². The number of thiazole rings is 1. The van der Waals surface area contributed by atoms with Crippen LogP contribution < -0.4 is 4.87 Å². The Morgan fingerprint density at radius 2 is 2.26 bits per heavy atom. The van der Waals surface area contributed by atoms with Crippen LogP contribution in [-0.4, -0.2) is 22.6 Å². The molecule has 5 heteroatoms. The number of likely N-dealkylation sites (tertiary alicyclic amines) is 1. The van der Waals surface area contributed by atoms with Gasteiger partial charge in [0.05, 0.1) is 0 Å². The summed E-state index contributed by atoms with van der Waals surface area (Å²) in [6.07, 6.45) is 2.51. The second-order valence-electron chi connectivity index (χ2n) is 5.05. The number of nitrogens with zero attached hydrogens (tertiary/aromatic N) is 2. The van der Waals surface area contributed by atoms with Crippen molar-refractivity contribution in [2.45, 2.75) is 32.4 Å². The molecule has 0 radical (unpaired) electrons. The molecule has 1 aliphatic heterocycles. The van der Waals surface area contributed by atoms with Crippen LogP contribution in [0.25, 0.3) is 0 Å². The molecular formula is C14H18N2OS2. The Morgan fingerprint density at radius 3 is 2.95 bits per heavy atom. The molecule has 1 saturated heterocycles. The molecule has 102 valence electrons. The molecule has 0 aliphatic carbocycles. The van der Waals surface area contributed by atoms with Crippen molar-refractivity contribution < 1.29 is 0 Å². The zero-order chi connectivity index (χ0) is 13.2. The summed E-state index contributed by atoms with van der Waals surface area (Å²) < 4.78 is 1.90. The Bertz CT molecular complexity index is 585. The summed E-state index contributed by atoms with van der Waals surface area (Å²) in [7, 11) is 0. The van der Waals surface area contributed by atoms with E-state index in [1.54, 1.807) is 11.3 Å². The maximum absolute atomic E-state index is 11.7. The predicted octanol–water partition coefficient (Wildman–Crippen LogP) is 3.12. The van der Waals surface area contributed by atoms with Gasteiger partial charge in [0.2, 0.25) is 0 Å². The first kappa shape index (κ1) is 13.1. The first-order chi connectivity index (χ1) is 9.25. The summed E-state index contributed by atoms with van der Waals surface area (Å²) in [6.45, 7) is 4.95. The molecule has 0 unspecified atom stereocenters. The number of rotatable bonds is 4. The van der Waals surface area contributed by atoms with Gasteiger partial charge in [-0.3, -0.25) is 9.69 Å². The molecule has 2 aromatic rings. The second-order valence-corrected chi connectivity index (χ2v) is 6.65. The fraction of sp³-hybridized carbons (Fsp3) is 0.500. The summed E-state index contributed by atoms with van der Waals surface area (Å²) in [5.41, 5.74) is 2.53. The number of thiophene rings is 1. The first-order valence-electron chi connectivity index (χ1n) is 6.67. The Morgan fingerprint density at radius 1 is 1.37 bits per heavy atom. The molecule has 0 spiro atoms. The summed E-state index contributed by atoms with van der Waals surface area (Å²) in [6, 6.07) is 2.79. The van der Waals surface area contributed by atoms with E-state index in [2.05, 4.69) is 21.7 Å². The molecule has 3 heterocycles. The normalized spacial score (nSPS) is 20.2. The third kappa shape index (κ3) is 2.68. The van der Waals surface area contributed by atoms with Crippen molar-refractivity contribution in [1.29, 1.82) is 0 Å². The predicted molar refractivity (Wildman–Crippen MR) is 81.2 cm³/mol. The summed E-state index contributed by atoms with van der Waals surface area (Å²) in [4.78, 5) is 14.4. The van der Waals surface area contributed by atoms with E-state index >= 15 is 0 Å². The topological polar surface area (TPSA) is 25.2 Å². The molecule has 3 nitrogen and oxygen atoms in total. The minimum Gasteiger partial charge on any atom is -0.302 e. The van der Waals surface area contributed by atoms with Crippen molar-refractivity contribution >= 4 is 22.7 Å². The molecule has 3 rings (SSSR count). The van der Waals surface area contributed by atoms with E-state index < -0.39 is 0 Å². The van der Waals surface area contributed by atoms with Crippen LogP contribution >= 0.6 is 22.7 Å². The Labute approximate surface area is 121 Å². The minimum absolute atomic E-state index is 0.170. The van der Waals surface area contributed by atoms with Gasteiger partial charge in [-0.05, 0) is 48.7 Å². The molecule has 2 aromatic heterocycles. The highest BCUT2D eigenvalue weighted by Gasteiger charge is 2.25. The van der Waals surface area contributed by atoms with E-state index in [0.717, 1.165) is 25.3 Å². The number of aromatic nitrogens is 1. The molecular weight excluding hydrogens is 276 g/mol. The number of hydrogen-bond donors (Lipinski definition) is 0. The minimum atomic E-state index is 0.170. The standard InChI is InChI=1S/C14H18N2OS2/c1-11-9-19-14(17)16(11)7-6-15-5-2-3-13(15)12-4-8-18-10-12/h4,8-10,13H,2-3,5-7H2,1H3/t13-/m0/s1. The molecule has 0 bridgehead atoms. The number of aryl methyl sites for hydroxylation is 1. The second kappa shape index (κ2) is 5.61. The van der Waals surface area contributed by atoms with Crippen LogP contribution in [0.1, 0.15) is 30.1 Å². The van der Waals surface area contributed by atoms with E-state index in [-0.39, 0.29) is 4.87 Å². The van der Waals surface area contributed by atoms with E-state index in [1.165, 1.54) is 29.7 Å². The molecule has 0 N–H and O–H groups in total. The van der Waals surface area contributed by atoms with Crippen molar-refractivity contribution in [3.05, 3.63) is 43.1 Å². The van der Waals surface area contributed by atoms with Gasteiger partial charge in [0.15, 0.2) is 0 Å². The lowest BCUT2D eigenvalue weighted by molar-refractivity contribution is 0.246. The van der Waals surface area contributed by atoms with Crippen LogP contribution in [0.2, 0.25) is 0 Å². The molecule has 19 heavy (non-hydrogen) atoms. The average Bonchev–Trinajstić information content (AvgIpc) is 3.09. The number of hydrogen-bond acceptors (Lipinski definition) is 4. The summed E-state index contributed by atoms with van der Waals surface area (Å²) >= 11 is 3.07. The monoisotopic (exact) mass is 294 g/mol. The molecule has 0 saturated carbocycles. The third-order valence-corrected chi connectivity index (χ3v) is 5.46. The summed E-state index contributed by atoms with van der Waals surface area (Å²) in [5.74, 6) is 0. The Kier molecular flexibility index (Phi) is 3.86. The van der Waals surface area contributed by atoms with Crippen LogP contribution in [0.4, 0.5) is 0 Å². The fourth-order valence-electron chi connectivity index (χ4n) is 2.84. The van der Waals surface area contributed by atoms with Gasteiger partial charge < -0.3 is 4.57 Å². The van der Waals surface area contributed by atoms with Gasteiger partial charge in [-0.25, -0.2) is 0 Å². The average molecular weight is 294 g/mol. The quantitative estimate of drug-likeness (QED) is 0.865. The molecule has 1 atom stereocenters. The van der Waals surface area contributed by atoms with Crippen molar-refractivity contribution in [3.8, 4) is 0 Å². The van der Waals surface area contributed by atoms with E-state index in [4.69, 9.17) is 0 Å². The van der Waals surface area contributed by atoms with Crippen LogP contribution in [-0.2, 0) is 6.54 Å². The maximum atomic E-state index is 11.7. The molecule has 0 aromatic carbocycles. The smallest absolute Gasteiger partial charge is 0.302 e. The lowest BCUT2D eigenvalue weighted by Crippen LogP contribution is -2.29. The van der Waals surface area contributed by atoms with Crippen molar-refractivity contribution in [2.75, 3.05) is 13.1 Å². The Balaban J connectivity index is 1.68. The molecule has 1 fully saturated rings. The summed E-state index contributed by atoms with van der Waals surface area (Å²) in [5, 5.41) is 6.35. The zero-order valence-corrected chi connectivity index (χ0v) is 12.7. The van der Waals surface area contributed by atoms with E-state index in [1.807, 2.05) is 16.9 Å². The van der Waals surface area contributed by atoms with E-state index in [9.17, 15) is 4.79 Å². The highest BCUT2D eigenvalue weighted by Crippen LogP contribution is 2.32. The van der Waals surface area contributed by atoms with Gasteiger partial charge in [-0.15, -0.1) is 0 Å². The van der Waals surface area contributed by atoms with Gasteiger partial charge >= 0.3 is 4.87 Å². The zero-order valence-electron chi connectivity index (χ0n) is 11.0. The molecule has 1 aliphatic rings. The maximum Gasteiger partial charge on any atom is 0.307 e. The molecule has 0 amide bonds. The van der Waals surface area contributed by atoms with Gasteiger partial charge in [0.25, 0.3) is 0 Å². The van der Waals surface area contributed by atoms with E-state index in [0.29, 0.717) is 6.04 Å². The largest absolute Gasteiger partial charge is 0.307 e. The first-order valence-corrected chi connectivity index (χ1v) is 8.49. The van der Waals surface area contributed by atoms with Crippen LogP contribution in [0, 0.1) is 6.92 Å². The highest BCUT2D eigenvalue weighted by atomic mass is 32.1. The van der Waals surface area contributed by atoms with Crippen LogP contribution in [0.15, 0.2) is 27.0 Å². The fourth-order valence-corrected chi connectivity index (χ4v) is 4.31. The van der Waals surface area contributed by atoms with Crippen LogP contribution in [0.3, 0.4) is 0 Å². The lowest BCUT2D eigenvalue weighted by atomic mass is 10.1. The van der Waals surface area contributed by atoms with Gasteiger partial charge in [0.1, 0.15) is 0 Å². The van der Waals surface area contributed by atoms with Crippen LogP contribution in [0.5, 0.6) is 0 Å². The highest BCUT2D eigenvalue weighted by molar-refractivity contribution is 7.08.